The summed E-state index contributed by atoms with van der Waals surface area (Å²) in [5.74, 6) is 0.662. The average molecular weight is 555 g/mol. The van der Waals surface area contributed by atoms with E-state index < -0.39 is 5.97 Å². The molecule has 2 aliphatic rings. The first-order valence-corrected chi connectivity index (χ1v) is 13.4. The van der Waals surface area contributed by atoms with Crippen LogP contribution in [0.3, 0.4) is 0 Å². The summed E-state index contributed by atoms with van der Waals surface area (Å²) >= 11 is 14.2. The van der Waals surface area contributed by atoms with Crippen LogP contribution in [0.1, 0.15) is 52.4 Å². The SMILES string of the molecule is O=C(O)c1csc(N2C(=O)CCc3cc(OCc4c(-c5c(Cl)cccc5Cl)noc4C4CC4)ccc32)c1. The maximum Gasteiger partial charge on any atom is 0.336 e. The molecule has 1 fully saturated rings. The lowest BCUT2D eigenvalue weighted by Crippen LogP contribution is -2.30. The van der Waals surface area contributed by atoms with Crippen LogP contribution in [0.15, 0.2) is 52.4 Å². The van der Waals surface area contributed by atoms with Crippen molar-refractivity contribution in [1.82, 2.24) is 5.16 Å². The molecule has 0 spiro atoms. The van der Waals surface area contributed by atoms with Gasteiger partial charge in [0, 0.05) is 23.3 Å². The van der Waals surface area contributed by atoms with E-state index >= 15 is 0 Å². The molecule has 0 unspecified atom stereocenters. The second-order valence-corrected chi connectivity index (χ2v) is 10.7. The van der Waals surface area contributed by atoms with Crippen molar-refractivity contribution < 1.29 is 24.0 Å². The van der Waals surface area contributed by atoms with Gasteiger partial charge in [0.1, 0.15) is 28.8 Å². The van der Waals surface area contributed by atoms with Gasteiger partial charge < -0.3 is 14.4 Å². The van der Waals surface area contributed by atoms with E-state index in [0.29, 0.717) is 50.8 Å². The van der Waals surface area contributed by atoms with Crippen LogP contribution in [-0.4, -0.2) is 22.1 Å². The summed E-state index contributed by atoms with van der Waals surface area (Å²) < 4.78 is 11.9. The molecule has 0 atom stereocenters. The number of aryl methyl sites for hydroxylation is 1. The lowest BCUT2D eigenvalue weighted by Gasteiger charge is -2.28. The van der Waals surface area contributed by atoms with Crippen molar-refractivity contribution in [3.05, 3.63) is 80.3 Å². The lowest BCUT2D eigenvalue weighted by molar-refractivity contribution is -0.118. The summed E-state index contributed by atoms with van der Waals surface area (Å²) in [5.41, 5.74) is 3.87. The number of carbonyl (C=O) groups excluding carboxylic acids is 1. The molecule has 1 amide bonds. The van der Waals surface area contributed by atoms with Gasteiger partial charge in [-0.25, -0.2) is 4.79 Å². The quantitative estimate of drug-likeness (QED) is 0.254. The van der Waals surface area contributed by atoms with Crippen molar-refractivity contribution in [3.63, 3.8) is 0 Å². The fourth-order valence-corrected chi connectivity index (χ4v) is 6.05. The number of rotatable bonds is 7. The number of carboxylic acid groups (broad SMARTS) is 1. The molecule has 0 radical (unpaired) electrons. The van der Waals surface area contributed by atoms with E-state index in [1.165, 1.54) is 22.8 Å². The molecular formula is C27H20Cl2N2O5S. The number of benzene rings is 2. The average Bonchev–Trinajstić information content (AvgIpc) is 3.45. The molecule has 0 bridgehead atoms. The molecule has 4 aromatic rings. The normalized spacial score (nSPS) is 15.1. The number of halogens is 2. The van der Waals surface area contributed by atoms with Gasteiger partial charge in [-0.3, -0.25) is 9.69 Å². The number of hydrogen-bond donors (Lipinski definition) is 1. The van der Waals surface area contributed by atoms with Crippen LogP contribution in [0.5, 0.6) is 5.75 Å². The molecule has 0 saturated heterocycles. The van der Waals surface area contributed by atoms with Crippen LogP contribution < -0.4 is 9.64 Å². The number of thiophene rings is 1. The van der Waals surface area contributed by atoms with Gasteiger partial charge in [0.2, 0.25) is 5.91 Å². The van der Waals surface area contributed by atoms with Gasteiger partial charge in [0.05, 0.1) is 26.9 Å². The molecule has 1 saturated carbocycles. The third-order valence-electron chi connectivity index (χ3n) is 6.55. The van der Waals surface area contributed by atoms with Gasteiger partial charge in [-0.05, 0) is 61.2 Å². The van der Waals surface area contributed by atoms with Crippen molar-refractivity contribution >= 4 is 57.1 Å². The standard InChI is InChI=1S/C27H20Cl2N2O5S/c28-19-2-1-3-20(29)24(19)25-18(26(36-30-25)14-4-5-14)12-35-17-7-8-21-15(10-17)6-9-22(32)31(21)23-11-16(13-37-23)27(33)34/h1-3,7-8,10-11,13-14H,4-6,9,12H2,(H,33,34). The first kappa shape index (κ1) is 24.0. The van der Waals surface area contributed by atoms with Crippen molar-refractivity contribution in [2.45, 2.75) is 38.2 Å². The van der Waals surface area contributed by atoms with E-state index in [0.717, 1.165) is 35.4 Å². The zero-order valence-corrected chi connectivity index (χ0v) is 21.7. The van der Waals surface area contributed by atoms with E-state index in [2.05, 4.69) is 5.16 Å². The van der Waals surface area contributed by atoms with Gasteiger partial charge in [0.15, 0.2) is 0 Å². The highest BCUT2D eigenvalue weighted by atomic mass is 35.5. The van der Waals surface area contributed by atoms with E-state index in [4.69, 9.17) is 32.5 Å². The van der Waals surface area contributed by atoms with Gasteiger partial charge in [-0.15, -0.1) is 11.3 Å². The molecule has 1 N–H and O–H groups in total. The maximum absolute atomic E-state index is 12.8. The fourth-order valence-electron chi connectivity index (χ4n) is 4.56. The minimum Gasteiger partial charge on any atom is -0.489 e. The second-order valence-electron chi connectivity index (χ2n) is 9.03. The monoisotopic (exact) mass is 554 g/mol. The molecule has 3 heterocycles. The number of hydrogen-bond acceptors (Lipinski definition) is 6. The third kappa shape index (κ3) is 4.50. The van der Waals surface area contributed by atoms with E-state index in [1.54, 1.807) is 23.1 Å². The lowest BCUT2D eigenvalue weighted by atomic mass is 10.0. The fraction of sp³-hybridized carbons (Fsp3) is 0.222. The Kier molecular flexibility index (Phi) is 6.18. The highest BCUT2D eigenvalue weighted by Crippen LogP contribution is 2.46. The molecule has 6 rings (SSSR count). The zero-order chi connectivity index (χ0) is 25.7. The van der Waals surface area contributed by atoms with Gasteiger partial charge in [-0.2, -0.15) is 0 Å². The minimum atomic E-state index is -1.02. The number of anilines is 2. The highest BCUT2D eigenvalue weighted by Gasteiger charge is 2.34. The number of aromatic carboxylic acids is 1. The van der Waals surface area contributed by atoms with Crippen molar-refractivity contribution in [2.24, 2.45) is 0 Å². The number of amides is 1. The highest BCUT2D eigenvalue weighted by molar-refractivity contribution is 7.14. The van der Waals surface area contributed by atoms with Gasteiger partial charge >= 0.3 is 5.97 Å². The van der Waals surface area contributed by atoms with E-state index in [-0.39, 0.29) is 18.1 Å². The molecule has 1 aliphatic heterocycles. The summed E-state index contributed by atoms with van der Waals surface area (Å²) in [6.45, 7) is 0.223. The van der Waals surface area contributed by atoms with Crippen LogP contribution in [0.4, 0.5) is 10.7 Å². The Balaban J connectivity index is 1.29. The van der Waals surface area contributed by atoms with Crippen LogP contribution in [0.2, 0.25) is 10.0 Å². The summed E-state index contributed by atoms with van der Waals surface area (Å²) in [6.07, 6.45) is 2.96. The van der Waals surface area contributed by atoms with Gasteiger partial charge in [-0.1, -0.05) is 34.4 Å². The van der Waals surface area contributed by atoms with Crippen molar-refractivity contribution in [3.8, 4) is 17.0 Å². The number of nitrogens with zero attached hydrogens (tertiary/aromatic N) is 2. The molecule has 1 aliphatic carbocycles. The summed E-state index contributed by atoms with van der Waals surface area (Å²) in [6, 6.07) is 12.4. The molecular weight excluding hydrogens is 535 g/mol. The van der Waals surface area contributed by atoms with Crippen LogP contribution >= 0.6 is 34.5 Å². The van der Waals surface area contributed by atoms with E-state index in [1.807, 2.05) is 18.2 Å². The second kappa shape index (κ2) is 9.52. The predicted molar refractivity (Wildman–Crippen MR) is 141 cm³/mol. The zero-order valence-electron chi connectivity index (χ0n) is 19.4. The Morgan fingerprint density at radius 1 is 1.16 bits per heavy atom. The Morgan fingerprint density at radius 2 is 1.95 bits per heavy atom. The maximum atomic E-state index is 12.8. The molecule has 188 valence electrons. The first-order valence-electron chi connectivity index (χ1n) is 11.7. The van der Waals surface area contributed by atoms with Crippen LogP contribution in [-0.2, 0) is 17.8 Å². The number of carbonyl (C=O) groups is 2. The molecule has 37 heavy (non-hydrogen) atoms. The summed E-state index contributed by atoms with van der Waals surface area (Å²) in [4.78, 5) is 25.7. The largest absolute Gasteiger partial charge is 0.489 e. The molecule has 7 nitrogen and oxygen atoms in total. The Labute approximate surface area is 226 Å². The topological polar surface area (TPSA) is 92.9 Å². The number of ether oxygens (including phenoxy) is 1. The minimum absolute atomic E-state index is 0.0697. The number of aromatic nitrogens is 1. The Bertz CT molecular complexity index is 1520. The third-order valence-corrected chi connectivity index (χ3v) is 8.10. The Hall–Kier alpha value is -3.33. The molecule has 10 heteroatoms. The molecule has 2 aromatic carbocycles. The number of fused-ring (bicyclic) bond motifs is 1. The summed E-state index contributed by atoms with van der Waals surface area (Å²) in [5, 5.41) is 16.7. The molecule has 2 aromatic heterocycles. The van der Waals surface area contributed by atoms with Crippen molar-refractivity contribution in [2.75, 3.05) is 4.90 Å². The smallest absolute Gasteiger partial charge is 0.336 e. The van der Waals surface area contributed by atoms with Gasteiger partial charge in [0.25, 0.3) is 0 Å². The predicted octanol–water partition coefficient (Wildman–Crippen LogP) is 7.48. The Morgan fingerprint density at radius 3 is 2.65 bits per heavy atom. The van der Waals surface area contributed by atoms with Crippen molar-refractivity contribution in [1.29, 1.82) is 0 Å². The van der Waals surface area contributed by atoms with Crippen LogP contribution in [0, 0.1) is 0 Å². The number of carboxylic acids is 1. The van der Waals surface area contributed by atoms with E-state index in [9.17, 15) is 14.7 Å². The first-order chi connectivity index (χ1) is 17.9. The summed E-state index contributed by atoms with van der Waals surface area (Å²) in [7, 11) is 0. The van der Waals surface area contributed by atoms with Crippen LogP contribution in [0.25, 0.3) is 11.3 Å².